The van der Waals surface area contributed by atoms with E-state index in [4.69, 9.17) is 9.47 Å². The van der Waals surface area contributed by atoms with Gasteiger partial charge in [0, 0.05) is 30.3 Å². The van der Waals surface area contributed by atoms with Gasteiger partial charge in [0.25, 0.3) is 10.0 Å². The van der Waals surface area contributed by atoms with Gasteiger partial charge >= 0.3 is 0 Å². The monoisotopic (exact) mass is 480 g/mol. The number of carbonyl (C=O) groups is 1. The molecular formula is C21H24N2O7S2. The zero-order valence-corrected chi connectivity index (χ0v) is 18.9. The Hall–Kier alpha value is -2.79. The second kappa shape index (κ2) is 8.99. The van der Waals surface area contributed by atoms with Gasteiger partial charge in [0.1, 0.15) is 0 Å². The number of sulfone groups is 1. The minimum absolute atomic E-state index is 0.0427. The molecule has 0 saturated carbocycles. The van der Waals surface area contributed by atoms with Gasteiger partial charge in [-0.1, -0.05) is 0 Å². The van der Waals surface area contributed by atoms with Gasteiger partial charge in [-0.15, -0.1) is 0 Å². The lowest BCUT2D eigenvalue weighted by atomic mass is 10.1. The topological polar surface area (TPSA) is 128 Å². The fraction of sp³-hybridized carbons (Fsp3) is 0.381. The molecule has 172 valence electrons. The fourth-order valence-corrected chi connectivity index (χ4v) is 6.59. The highest BCUT2D eigenvalue weighted by Gasteiger charge is 2.29. The van der Waals surface area contributed by atoms with Crippen LogP contribution in [0.2, 0.25) is 0 Å². The lowest BCUT2D eigenvalue weighted by Gasteiger charge is -2.12. The first-order chi connectivity index (χ1) is 15.2. The molecular weight excluding hydrogens is 456 g/mol. The Kier molecular flexibility index (Phi) is 6.29. The van der Waals surface area contributed by atoms with Crippen molar-refractivity contribution in [3.63, 3.8) is 0 Å². The minimum atomic E-state index is -3.85. The van der Waals surface area contributed by atoms with Crippen LogP contribution in [0.15, 0.2) is 47.4 Å². The number of amides is 1. The van der Waals surface area contributed by atoms with Crippen molar-refractivity contribution in [2.75, 3.05) is 34.8 Å². The molecule has 2 aromatic carbocycles. The zero-order chi connectivity index (χ0) is 22.8. The fourth-order valence-electron chi connectivity index (χ4n) is 3.65. The second-order valence-corrected chi connectivity index (χ2v) is 11.8. The van der Waals surface area contributed by atoms with Crippen molar-refractivity contribution in [2.45, 2.75) is 24.2 Å². The van der Waals surface area contributed by atoms with Crippen molar-refractivity contribution >= 4 is 37.1 Å². The van der Waals surface area contributed by atoms with E-state index in [1.54, 1.807) is 18.2 Å². The summed E-state index contributed by atoms with van der Waals surface area (Å²) in [7, 11) is -6.88. The Labute approximate surface area is 187 Å². The van der Waals surface area contributed by atoms with Crippen molar-refractivity contribution in [1.82, 2.24) is 0 Å². The van der Waals surface area contributed by atoms with Crippen LogP contribution in [0.4, 0.5) is 11.4 Å². The number of carbonyl (C=O) groups excluding carboxylic acids is 1. The number of benzene rings is 2. The van der Waals surface area contributed by atoms with E-state index in [-0.39, 0.29) is 34.6 Å². The Morgan fingerprint density at radius 1 is 1.00 bits per heavy atom. The first-order valence-electron chi connectivity index (χ1n) is 10.2. The molecule has 32 heavy (non-hydrogen) atoms. The standard InChI is InChI=1S/C21H24N2O7S2/c24-21(12-15-8-11-31(25,26)14-15)22-16-2-4-17(5-3-16)23-32(27,28)18-6-7-19-20(13-18)30-10-1-9-29-19/h2-7,13,15,23H,1,8-12,14H2,(H,22,24)/t15-/m1/s1. The predicted molar refractivity (Wildman–Crippen MR) is 119 cm³/mol. The molecule has 1 saturated heterocycles. The number of hydrogen-bond donors (Lipinski definition) is 2. The molecule has 0 radical (unpaired) electrons. The number of ether oxygens (including phenoxy) is 2. The third-order valence-corrected chi connectivity index (χ3v) is 8.47. The number of anilines is 2. The highest BCUT2D eigenvalue weighted by Crippen LogP contribution is 2.32. The summed E-state index contributed by atoms with van der Waals surface area (Å²) in [6, 6.07) is 10.7. The van der Waals surface area contributed by atoms with Crippen LogP contribution in [0.5, 0.6) is 11.5 Å². The van der Waals surface area contributed by atoms with E-state index in [1.807, 2.05) is 0 Å². The first kappa shape index (κ1) is 22.4. The average Bonchev–Trinajstić information content (AvgIpc) is 2.93. The van der Waals surface area contributed by atoms with Crippen LogP contribution in [0.3, 0.4) is 0 Å². The van der Waals surface area contributed by atoms with Gasteiger partial charge in [-0.05, 0) is 48.7 Å². The summed E-state index contributed by atoms with van der Waals surface area (Å²) in [5.74, 6) is 0.633. The minimum Gasteiger partial charge on any atom is -0.490 e. The van der Waals surface area contributed by atoms with Gasteiger partial charge in [-0.25, -0.2) is 16.8 Å². The molecule has 1 fully saturated rings. The normalized spacial score (nSPS) is 19.7. The molecule has 1 atom stereocenters. The lowest BCUT2D eigenvalue weighted by Crippen LogP contribution is -2.17. The van der Waals surface area contributed by atoms with Gasteiger partial charge < -0.3 is 14.8 Å². The van der Waals surface area contributed by atoms with Crippen LogP contribution >= 0.6 is 0 Å². The largest absolute Gasteiger partial charge is 0.490 e. The van der Waals surface area contributed by atoms with Crippen LogP contribution in [-0.2, 0) is 24.7 Å². The van der Waals surface area contributed by atoms with E-state index in [9.17, 15) is 21.6 Å². The van der Waals surface area contributed by atoms with Gasteiger partial charge in [-0.3, -0.25) is 9.52 Å². The molecule has 2 heterocycles. The summed E-state index contributed by atoms with van der Waals surface area (Å²) < 4.78 is 62.1. The third kappa shape index (κ3) is 5.52. The summed E-state index contributed by atoms with van der Waals surface area (Å²) in [6.45, 7) is 0.966. The molecule has 9 nitrogen and oxygen atoms in total. The van der Waals surface area contributed by atoms with E-state index in [2.05, 4.69) is 10.0 Å². The van der Waals surface area contributed by atoms with E-state index >= 15 is 0 Å². The van der Waals surface area contributed by atoms with Crippen LogP contribution in [0.25, 0.3) is 0 Å². The van der Waals surface area contributed by atoms with Crippen LogP contribution in [-0.4, -0.2) is 47.5 Å². The van der Waals surface area contributed by atoms with Crippen LogP contribution < -0.4 is 19.5 Å². The van der Waals surface area contributed by atoms with E-state index in [0.717, 1.165) is 6.42 Å². The molecule has 0 aromatic heterocycles. The molecule has 4 rings (SSSR count). The summed E-state index contributed by atoms with van der Waals surface area (Å²) in [5, 5.41) is 2.72. The highest BCUT2D eigenvalue weighted by molar-refractivity contribution is 7.92. The predicted octanol–water partition coefficient (Wildman–Crippen LogP) is 2.41. The highest BCUT2D eigenvalue weighted by atomic mass is 32.2. The number of fused-ring (bicyclic) bond motifs is 1. The van der Waals surface area contributed by atoms with Crippen molar-refractivity contribution in [1.29, 1.82) is 0 Å². The summed E-state index contributed by atoms with van der Waals surface area (Å²) in [6.07, 6.45) is 1.35. The molecule has 2 aliphatic heterocycles. The zero-order valence-electron chi connectivity index (χ0n) is 17.2. The van der Waals surface area contributed by atoms with Crippen molar-refractivity contribution in [2.24, 2.45) is 5.92 Å². The number of rotatable bonds is 6. The number of sulfonamides is 1. The van der Waals surface area contributed by atoms with E-state index in [1.165, 1.54) is 24.3 Å². The SMILES string of the molecule is O=C(C[C@H]1CCS(=O)(=O)C1)Nc1ccc(NS(=O)(=O)c2ccc3c(c2)OCCCO3)cc1. The maximum absolute atomic E-state index is 12.8. The Morgan fingerprint density at radius 3 is 2.38 bits per heavy atom. The molecule has 1 amide bonds. The molecule has 0 unspecified atom stereocenters. The van der Waals surface area contributed by atoms with Crippen molar-refractivity contribution in [3.05, 3.63) is 42.5 Å². The van der Waals surface area contributed by atoms with Crippen LogP contribution in [0.1, 0.15) is 19.3 Å². The quantitative estimate of drug-likeness (QED) is 0.650. The number of hydrogen-bond acceptors (Lipinski definition) is 7. The smallest absolute Gasteiger partial charge is 0.262 e. The van der Waals surface area contributed by atoms with Gasteiger partial charge in [0.2, 0.25) is 5.91 Å². The third-order valence-electron chi connectivity index (χ3n) is 5.25. The summed E-state index contributed by atoms with van der Waals surface area (Å²) in [5.41, 5.74) is 0.825. The van der Waals surface area contributed by atoms with E-state index < -0.39 is 19.9 Å². The maximum atomic E-state index is 12.8. The summed E-state index contributed by atoms with van der Waals surface area (Å²) >= 11 is 0. The maximum Gasteiger partial charge on any atom is 0.262 e. The summed E-state index contributed by atoms with van der Waals surface area (Å²) in [4.78, 5) is 12.2. The molecule has 0 aliphatic carbocycles. The first-order valence-corrected chi connectivity index (χ1v) is 13.5. The number of nitrogens with one attached hydrogen (secondary N) is 2. The van der Waals surface area contributed by atoms with Gasteiger partial charge in [-0.2, -0.15) is 0 Å². The van der Waals surface area contributed by atoms with E-state index in [0.29, 0.717) is 42.5 Å². The van der Waals surface area contributed by atoms with Gasteiger partial charge in [0.15, 0.2) is 21.3 Å². The molecule has 2 aromatic rings. The molecule has 11 heteroatoms. The molecule has 0 spiro atoms. The Morgan fingerprint density at radius 2 is 1.69 bits per heavy atom. The Balaban J connectivity index is 1.38. The molecule has 2 aliphatic rings. The average molecular weight is 481 g/mol. The van der Waals surface area contributed by atoms with Gasteiger partial charge in [0.05, 0.1) is 29.6 Å². The second-order valence-electron chi connectivity index (χ2n) is 7.86. The molecule has 0 bridgehead atoms. The van der Waals surface area contributed by atoms with Crippen LogP contribution in [0, 0.1) is 5.92 Å². The lowest BCUT2D eigenvalue weighted by molar-refractivity contribution is -0.116. The van der Waals surface area contributed by atoms with Crippen molar-refractivity contribution in [3.8, 4) is 11.5 Å². The Bertz CT molecular complexity index is 1210. The van der Waals surface area contributed by atoms with Crippen molar-refractivity contribution < 1.29 is 31.1 Å². The molecule has 2 N–H and O–H groups in total.